The lowest BCUT2D eigenvalue weighted by molar-refractivity contribution is 0.101. The van der Waals surface area contributed by atoms with Crippen molar-refractivity contribution in [2.45, 2.75) is 13.8 Å². The Morgan fingerprint density at radius 3 is 2.70 bits per heavy atom. The second-order valence-electron chi connectivity index (χ2n) is 4.89. The van der Waals surface area contributed by atoms with Crippen LogP contribution in [0.25, 0.3) is 11.0 Å². The number of benzene rings is 2. The molecule has 0 aliphatic rings. The largest absolute Gasteiger partial charge is 0.453 e. The molecule has 20 heavy (non-hydrogen) atoms. The van der Waals surface area contributed by atoms with Gasteiger partial charge < -0.3 is 4.42 Å². The molecule has 0 fully saturated rings. The Bertz CT molecular complexity index is 815. The summed E-state index contributed by atoms with van der Waals surface area (Å²) in [5, 5.41) is 1.52. The fraction of sp³-hybridized carbons (Fsp3) is 0.118. The molecule has 0 bridgehead atoms. The summed E-state index contributed by atoms with van der Waals surface area (Å²) in [6.07, 6.45) is 0. The van der Waals surface area contributed by atoms with Crippen molar-refractivity contribution in [3.63, 3.8) is 0 Å². The molecule has 3 aromatic rings. The van der Waals surface area contributed by atoms with Gasteiger partial charge >= 0.3 is 0 Å². The number of carbonyl (C=O) groups excluding carboxylic acids is 1. The van der Waals surface area contributed by atoms with Gasteiger partial charge in [-0.15, -0.1) is 0 Å². The summed E-state index contributed by atoms with van der Waals surface area (Å²) in [5.41, 5.74) is 3.21. The Hall–Kier alpha value is -2.06. The van der Waals surface area contributed by atoms with E-state index in [1.54, 1.807) is 24.3 Å². The molecule has 0 radical (unpaired) electrons. The summed E-state index contributed by atoms with van der Waals surface area (Å²) in [6, 6.07) is 12.9. The first-order valence-electron chi connectivity index (χ1n) is 6.36. The van der Waals surface area contributed by atoms with Crippen molar-refractivity contribution in [1.82, 2.24) is 0 Å². The van der Waals surface area contributed by atoms with Crippen molar-refractivity contribution in [1.29, 1.82) is 0 Å². The fourth-order valence-electron chi connectivity index (χ4n) is 2.26. The first kappa shape index (κ1) is 12.9. The number of hydrogen-bond donors (Lipinski definition) is 0. The lowest BCUT2D eigenvalue weighted by Crippen LogP contribution is -2.02. The zero-order chi connectivity index (χ0) is 14.3. The van der Waals surface area contributed by atoms with Crippen molar-refractivity contribution in [3.8, 4) is 0 Å². The molecule has 0 amide bonds. The summed E-state index contributed by atoms with van der Waals surface area (Å²) < 4.78 is 5.64. The van der Waals surface area contributed by atoms with Crippen molar-refractivity contribution < 1.29 is 9.21 Å². The molecule has 1 heterocycles. The average molecular weight is 285 g/mol. The third-order valence-corrected chi connectivity index (χ3v) is 3.82. The van der Waals surface area contributed by atoms with Crippen LogP contribution in [-0.2, 0) is 0 Å². The van der Waals surface area contributed by atoms with Crippen LogP contribution in [0, 0.1) is 13.8 Å². The first-order valence-corrected chi connectivity index (χ1v) is 6.74. The van der Waals surface area contributed by atoms with E-state index in [0.29, 0.717) is 16.3 Å². The van der Waals surface area contributed by atoms with Crippen LogP contribution in [0.3, 0.4) is 0 Å². The van der Waals surface area contributed by atoms with Gasteiger partial charge in [-0.25, -0.2) is 0 Å². The molecule has 0 N–H and O–H groups in total. The lowest BCUT2D eigenvalue weighted by atomic mass is 10.0. The van der Waals surface area contributed by atoms with Gasteiger partial charge in [0.25, 0.3) is 0 Å². The topological polar surface area (TPSA) is 30.2 Å². The molecular formula is C17H13ClO2. The lowest BCUT2D eigenvalue weighted by Gasteiger charge is -2.04. The Morgan fingerprint density at radius 1 is 1.10 bits per heavy atom. The predicted molar refractivity (Wildman–Crippen MR) is 80.6 cm³/mol. The van der Waals surface area contributed by atoms with Crippen LogP contribution < -0.4 is 0 Å². The van der Waals surface area contributed by atoms with E-state index in [1.807, 2.05) is 32.0 Å². The maximum atomic E-state index is 12.5. The number of hydrogen-bond acceptors (Lipinski definition) is 2. The predicted octanol–water partition coefficient (Wildman–Crippen LogP) is 4.93. The monoisotopic (exact) mass is 284 g/mol. The second-order valence-corrected chi connectivity index (χ2v) is 5.30. The van der Waals surface area contributed by atoms with Gasteiger partial charge in [0, 0.05) is 16.0 Å². The molecule has 2 aromatic carbocycles. The van der Waals surface area contributed by atoms with E-state index >= 15 is 0 Å². The van der Waals surface area contributed by atoms with Crippen molar-refractivity contribution in [2.75, 3.05) is 0 Å². The third-order valence-electron chi connectivity index (χ3n) is 3.41. The van der Waals surface area contributed by atoms with Crippen LogP contribution in [0.4, 0.5) is 0 Å². The summed E-state index contributed by atoms with van der Waals surface area (Å²) in [5.74, 6) is 0.204. The van der Waals surface area contributed by atoms with E-state index < -0.39 is 0 Å². The molecule has 1 aromatic heterocycles. The maximum Gasteiger partial charge on any atom is 0.228 e. The van der Waals surface area contributed by atoms with Crippen LogP contribution in [0.1, 0.15) is 27.2 Å². The fourth-order valence-corrected chi connectivity index (χ4v) is 2.44. The molecule has 0 atom stereocenters. The minimum atomic E-state index is -0.140. The van der Waals surface area contributed by atoms with Crippen LogP contribution in [0.5, 0.6) is 0 Å². The van der Waals surface area contributed by atoms with E-state index in [2.05, 4.69) is 0 Å². The van der Waals surface area contributed by atoms with Crippen LogP contribution in [0.15, 0.2) is 46.9 Å². The quantitative estimate of drug-likeness (QED) is 0.624. The van der Waals surface area contributed by atoms with Gasteiger partial charge in [-0.05, 0) is 43.7 Å². The van der Waals surface area contributed by atoms with Crippen molar-refractivity contribution in [2.24, 2.45) is 0 Å². The SMILES string of the molecule is Cc1ccc2oc(C(=O)c3cccc(Cl)c3C)cc2c1. The van der Waals surface area contributed by atoms with Crippen LogP contribution in [-0.4, -0.2) is 5.78 Å². The smallest absolute Gasteiger partial charge is 0.228 e. The van der Waals surface area contributed by atoms with Crippen molar-refractivity contribution >= 4 is 28.4 Å². The Morgan fingerprint density at radius 2 is 1.90 bits per heavy atom. The highest BCUT2D eigenvalue weighted by Gasteiger charge is 2.17. The van der Waals surface area contributed by atoms with E-state index in [9.17, 15) is 4.79 Å². The highest BCUT2D eigenvalue weighted by Crippen LogP contribution is 2.25. The molecular weight excluding hydrogens is 272 g/mol. The van der Waals surface area contributed by atoms with Gasteiger partial charge in [-0.3, -0.25) is 4.79 Å². The summed E-state index contributed by atoms with van der Waals surface area (Å²) >= 11 is 6.06. The Balaban J connectivity index is 2.10. The van der Waals surface area contributed by atoms with Gasteiger partial charge in [0.05, 0.1) is 0 Å². The average Bonchev–Trinajstić information content (AvgIpc) is 2.84. The van der Waals surface area contributed by atoms with Crippen molar-refractivity contribution in [3.05, 3.63) is 69.9 Å². The normalized spacial score (nSPS) is 10.9. The van der Waals surface area contributed by atoms with Crippen LogP contribution >= 0.6 is 11.6 Å². The van der Waals surface area contributed by atoms with Gasteiger partial charge in [0.15, 0.2) is 5.76 Å². The highest BCUT2D eigenvalue weighted by atomic mass is 35.5. The second kappa shape index (κ2) is 4.80. The molecule has 0 aliphatic heterocycles. The molecule has 3 rings (SSSR count). The van der Waals surface area contributed by atoms with Gasteiger partial charge in [0.2, 0.25) is 5.78 Å². The minimum Gasteiger partial charge on any atom is -0.453 e. The number of carbonyl (C=O) groups is 1. The highest BCUT2D eigenvalue weighted by molar-refractivity contribution is 6.32. The molecule has 3 heteroatoms. The molecule has 0 unspecified atom stereocenters. The standard InChI is InChI=1S/C17H13ClO2/c1-10-6-7-15-12(8-10)9-16(20-15)17(19)13-4-3-5-14(18)11(13)2/h3-9H,1-2H3. The van der Waals surface area contributed by atoms with Gasteiger partial charge in [-0.1, -0.05) is 35.4 Å². The molecule has 0 saturated heterocycles. The maximum absolute atomic E-state index is 12.5. The number of furan rings is 1. The zero-order valence-corrected chi connectivity index (χ0v) is 12.0. The Labute approximate surface area is 122 Å². The minimum absolute atomic E-state index is 0.140. The van der Waals surface area contributed by atoms with Gasteiger partial charge in [-0.2, -0.15) is 0 Å². The molecule has 2 nitrogen and oxygen atoms in total. The number of halogens is 1. The first-order chi connectivity index (χ1) is 9.56. The molecule has 100 valence electrons. The van der Waals surface area contributed by atoms with E-state index in [4.69, 9.17) is 16.0 Å². The molecule has 0 saturated carbocycles. The van der Waals surface area contributed by atoms with E-state index in [-0.39, 0.29) is 5.78 Å². The number of rotatable bonds is 2. The number of ketones is 1. The van der Waals surface area contributed by atoms with E-state index in [1.165, 1.54) is 0 Å². The molecule has 0 aliphatic carbocycles. The number of aryl methyl sites for hydroxylation is 1. The third kappa shape index (κ3) is 2.12. The number of fused-ring (bicyclic) bond motifs is 1. The van der Waals surface area contributed by atoms with Crippen LogP contribution in [0.2, 0.25) is 5.02 Å². The summed E-state index contributed by atoms with van der Waals surface area (Å²) in [4.78, 5) is 12.5. The zero-order valence-electron chi connectivity index (χ0n) is 11.2. The summed E-state index contributed by atoms with van der Waals surface area (Å²) in [7, 11) is 0. The Kier molecular flexibility index (Phi) is 3.11. The van der Waals surface area contributed by atoms with E-state index in [0.717, 1.165) is 22.1 Å². The molecule has 0 spiro atoms. The summed E-state index contributed by atoms with van der Waals surface area (Å²) in [6.45, 7) is 3.84. The van der Waals surface area contributed by atoms with Gasteiger partial charge in [0.1, 0.15) is 5.58 Å².